The van der Waals surface area contributed by atoms with Gasteiger partial charge in [-0.2, -0.15) is 0 Å². The summed E-state index contributed by atoms with van der Waals surface area (Å²) in [6.45, 7) is 6.27. The number of fused-ring (bicyclic) bond motifs is 3. The van der Waals surface area contributed by atoms with Crippen LogP contribution in [0.3, 0.4) is 0 Å². The Labute approximate surface area is 200 Å². The van der Waals surface area contributed by atoms with E-state index in [9.17, 15) is 14.4 Å². The molecule has 2 aromatic carbocycles. The molecule has 2 unspecified atom stereocenters. The molecule has 0 heterocycles. The molecule has 0 radical (unpaired) electrons. The zero-order valence-electron chi connectivity index (χ0n) is 20.0. The molecular formula is C27H34N2O5. The number of alkyl carbamates (subject to hydrolysis) is 1. The highest BCUT2D eigenvalue weighted by atomic mass is 16.5. The maximum absolute atomic E-state index is 12.7. The average molecular weight is 467 g/mol. The van der Waals surface area contributed by atoms with Gasteiger partial charge >= 0.3 is 12.1 Å². The van der Waals surface area contributed by atoms with Gasteiger partial charge in [-0.3, -0.25) is 9.59 Å². The predicted octanol–water partition coefficient (Wildman–Crippen LogP) is 4.56. The summed E-state index contributed by atoms with van der Waals surface area (Å²) < 4.78 is 5.60. The van der Waals surface area contributed by atoms with E-state index in [1.165, 1.54) is 0 Å². The van der Waals surface area contributed by atoms with Gasteiger partial charge in [0, 0.05) is 18.9 Å². The number of carbonyl (C=O) groups excluding carboxylic acids is 2. The molecular weight excluding hydrogens is 432 g/mol. The summed E-state index contributed by atoms with van der Waals surface area (Å²) >= 11 is 0. The standard InChI is InChI=1S/C27H34N2O5/c1-17(2)12-13-24(26(32)28-15-18(3)14-25(30)31)29-27(33)34-16-23-21-10-6-4-8-19(21)20-9-5-7-11-22(20)23/h4-11,17-18,23-24H,12-16H2,1-3H3,(H,28,32)(H,29,33)(H,30,31). The summed E-state index contributed by atoms with van der Waals surface area (Å²) in [5.74, 6) is -1.13. The first-order valence-corrected chi connectivity index (χ1v) is 11.9. The smallest absolute Gasteiger partial charge is 0.407 e. The van der Waals surface area contributed by atoms with Crippen molar-refractivity contribution >= 4 is 18.0 Å². The Kier molecular flexibility index (Phi) is 8.68. The molecule has 0 saturated carbocycles. The molecule has 182 valence electrons. The summed E-state index contributed by atoms with van der Waals surface area (Å²) in [7, 11) is 0. The lowest BCUT2D eigenvalue weighted by atomic mass is 9.98. The quantitative estimate of drug-likeness (QED) is 0.450. The summed E-state index contributed by atoms with van der Waals surface area (Å²) in [5, 5.41) is 14.4. The molecule has 7 heteroatoms. The van der Waals surface area contributed by atoms with Crippen LogP contribution in [-0.2, 0) is 14.3 Å². The molecule has 3 N–H and O–H groups in total. The van der Waals surface area contributed by atoms with Gasteiger partial charge in [0.25, 0.3) is 0 Å². The fraction of sp³-hybridized carbons (Fsp3) is 0.444. The first kappa shape index (κ1) is 25.3. The van der Waals surface area contributed by atoms with Crippen LogP contribution in [0.25, 0.3) is 11.1 Å². The highest BCUT2D eigenvalue weighted by Crippen LogP contribution is 2.44. The minimum atomic E-state index is -0.908. The Hall–Kier alpha value is -3.35. The number of hydrogen-bond acceptors (Lipinski definition) is 4. The molecule has 1 aliphatic rings. The Morgan fingerprint density at radius 1 is 0.941 bits per heavy atom. The molecule has 34 heavy (non-hydrogen) atoms. The number of ether oxygens (including phenoxy) is 1. The molecule has 2 amide bonds. The van der Waals surface area contributed by atoms with Crippen molar-refractivity contribution in [2.24, 2.45) is 11.8 Å². The Morgan fingerprint density at radius 2 is 1.53 bits per heavy atom. The van der Waals surface area contributed by atoms with E-state index in [1.807, 2.05) is 24.3 Å². The fourth-order valence-electron chi connectivity index (χ4n) is 4.32. The molecule has 3 rings (SSSR count). The number of carboxylic acids is 1. The second-order valence-electron chi connectivity index (χ2n) is 9.44. The van der Waals surface area contributed by atoms with E-state index >= 15 is 0 Å². The van der Waals surface area contributed by atoms with Gasteiger partial charge in [0.05, 0.1) is 0 Å². The van der Waals surface area contributed by atoms with Crippen LogP contribution in [0, 0.1) is 11.8 Å². The molecule has 1 aliphatic carbocycles. The van der Waals surface area contributed by atoms with E-state index in [0.717, 1.165) is 28.7 Å². The predicted molar refractivity (Wildman–Crippen MR) is 130 cm³/mol. The largest absolute Gasteiger partial charge is 0.481 e. The minimum Gasteiger partial charge on any atom is -0.481 e. The maximum Gasteiger partial charge on any atom is 0.407 e. The van der Waals surface area contributed by atoms with Gasteiger partial charge in [-0.05, 0) is 46.9 Å². The zero-order chi connectivity index (χ0) is 24.7. The van der Waals surface area contributed by atoms with E-state index in [2.05, 4.69) is 48.7 Å². The van der Waals surface area contributed by atoms with Crippen LogP contribution < -0.4 is 10.6 Å². The van der Waals surface area contributed by atoms with Crippen molar-refractivity contribution in [2.45, 2.75) is 52.0 Å². The molecule has 0 fully saturated rings. The topological polar surface area (TPSA) is 105 Å². The lowest BCUT2D eigenvalue weighted by molar-refractivity contribution is -0.138. The highest BCUT2D eigenvalue weighted by molar-refractivity contribution is 5.85. The van der Waals surface area contributed by atoms with Gasteiger partial charge in [-0.1, -0.05) is 69.3 Å². The van der Waals surface area contributed by atoms with E-state index in [-0.39, 0.29) is 37.3 Å². The van der Waals surface area contributed by atoms with Crippen molar-refractivity contribution < 1.29 is 24.2 Å². The van der Waals surface area contributed by atoms with Gasteiger partial charge in [0.2, 0.25) is 5.91 Å². The van der Waals surface area contributed by atoms with Gasteiger partial charge in [-0.25, -0.2) is 4.79 Å². The SMILES string of the molecule is CC(C)CCC(NC(=O)OCC1c2ccccc2-c2ccccc21)C(=O)NCC(C)CC(=O)O. The fourth-order valence-corrected chi connectivity index (χ4v) is 4.32. The first-order valence-electron chi connectivity index (χ1n) is 11.9. The normalized spacial score (nSPS) is 14.1. The van der Waals surface area contributed by atoms with Gasteiger partial charge in [0.15, 0.2) is 0 Å². The number of hydrogen-bond donors (Lipinski definition) is 3. The van der Waals surface area contributed by atoms with E-state index in [4.69, 9.17) is 9.84 Å². The number of carbonyl (C=O) groups is 3. The number of benzene rings is 2. The number of carboxylic acid groups (broad SMARTS) is 1. The molecule has 2 atom stereocenters. The number of amides is 2. The Bertz CT molecular complexity index is 974. The summed E-state index contributed by atoms with van der Waals surface area (Å²) in [5.41, 5.74) is 4.55. The third-order valence-electron chi connectivity index (χ3n) is 6.13. The van der Waals surface area contributed by atoms with Crippen LogP contribution in [0.2, 0.25) is 0 Å². The molecule has 0 saturated heterocycles. The van der Waals surface area contributed by atoms with E-state index in [0.29, 0.717) is 12.3 Å². The van der Waals surface area contributed by atoms with Crippen molar-refractivity contribution in [2.75, 3.05) is 13.2 Å². The van der Waals surface area contributed by atoms with Crippen LogP contribution in [0.5, 0.6) is 0 Å². The van der Waals surface area contributed by atoms with Gasteiger partial charge in [-0.15, -0.1) is 0 Å². The van der Waals surface area contributed by atoms with Crippen LogP contribution in [-0.4, -0.2) is 42.3 Å². The van der Waals surface area contributed by atoms with Gasteiger partial charge in [0.1, 0.15) is 12.6 Å². The van der Waals surface area contributed by atoms with Gasteiger partial charge < -0.3 is 20.5 Å². The highest BCUT2D eigenvalue weighted by Gasteiger charge is 2.30. The van der Waals surface area contributed by atoms with Crippen molar-refractivity contribution in [3.8, 4) is 11.1 Å². The summed E-state index contributed by atoms with van der Waals surface area (Å²) in [6, 6.07) is 15.5. The molecule has 0 aromatic heterocycles. The van der Waals surface area contributed by atoms with Crippen molar-refractivity contribution in [1.29, 1.82) is 0 Å². The number of nitrogens with one attached hydrogen (secondary N) is 2. The van der Waals surface area contributed by atoms with Crippen LogP contribution in [0.4, 0.5) is 4.79 Å². The number of rotatable bonds is 11. The van der Waals surface area contributed by atoms with Crippen LogP contribution in [0.15, 0.2) is 48.5 Å². The monoisotopic (exact) mass is 466 g/mol. The lowest BCUT2D eigenvalue weighted by Gasteiger charge is -2.21. The van der Waals surface area contributed by atoms with Crippen LogP contribution in [0.1, 0.15) is 57.1 Å². The molecule has 2 aromatic rings. The Balaban J connectivity index is 1.61. The van der Waals surface area contributed by atoms with E-state index < -0.39 is 18.1 Å². The summed E-state index contributed by atoms with van der Waals surface area (Å²) in [4.78, 5) is 36.3. The third-order valence-corrected chi connectivity index (χ3v) is 6.13. The lowest BCUT2D eigenvalue weighted by Crippen LogP contribution is -2.48. The molecule has 0 bridgehead atoms. The summed E-state index contributed by atoms with van der Waals surface area (Å²) in [6.07, 6.45) is 0.564. The third kappa shape index (κ3) is 6.59. The second kappa shape index (κ2) is 11.7. The number of aliphatic carboxylic acids is 1. The maximum atomic E-state index is 12.7. The van der Waals surface area contributed by atoms with Crippen LogP contribution >= 0.6 is 0 Å². The van der Waals surface area contributed by atoms with Crippen molar-refractivity contribution in [3.63, 3.8) is 0 Å². The van der Waals surface area contributed by atoms with Crippen molar-refractivity contribution in [1.82, 2.24) is 10.6 Å². The molecule has 0 spiro atoms. The zero-order valence-corrected chi connectivity index (χ0v) is 20.0. The molecule has 7 nitrogen and oxygen atoms in total. The molecule has 0 aliphatic heterocycles. The Morgan fingerprint density at radius 3 is 2.09 bits per heavy atom. The van der Waals surface area contributed by atoms with E-state index in [1.54, 1.807) is 6.92 Å². The second-order valence-corrected chi connectivity index (χ2v) is 9.44. The first-order chi connectivity index (χ1) is 16.3. The van der Waals surface area contributed by atoms with Crippen molar-refractivity contribution in [3.05, 3.63) is 59.7 Å². The minimum absolute atomic E-state index is 0.0310. The average Bonchev–Trinajstić information content (AvgIpc) is 3.12.